The second-order valence-corrected chi connectivity index (χ2v) is 6.19. The summed E-state index contributed by atoms with van der Waals surface area (Å²) >= 11 is 0.940. The van der Waals surface area contributed by atoms with Gasteiger partial charge in [-0.1, -0.05) is 29.5 Å². The van der Waals surface area contributed by atoms with Crippen molar-refractivity contribution < 1.29 is 19.4 Å². The lowest BCUT2D eigenvalue weighted by Gasteiger charge is -2.08. The Morgan fingerprint density at radius 3 is 2.56 bits per heavy atom. The van der Waals surface area contributed by atoms with E-state index in [4.69, 9.17) is 4.74 Å². The average molecular weight is 354 g/mol. The minimum atomic E-state index is -1.09. The minimum Gasteiger partial charge on any atom is -0.477 e. The van der Waals surface area contributed by atoms with Crippen LogP contribution in [0.2, 0.25) is 0 Å². The van der Waals surface area contributed by atoms with Gasteiger partial charge >= 0.3 is 5.97 Å². The number of amides is 1. The third-order valence-electron chi connectivity index (χ3n) is 3.29. The molecule has 0 spiro atoms. The zero-order valence-electron chi connectivity index (χ0n) is 13.2. The Balaban J connectivity index is 1.88. The van der Waals surface area contributed by atoms with Gasteiger partial charge in [0.15, 0.2) is 0 Å². The van der Waals surface area contributed by atoms with Crippen molar-refractivity contribution >= 4 is 28.9 Å². The van der Waals surface area contributed by atoms with Crippen molar-refractivity contribution in [3.63, 3.8) is 0 Å². The van der Waals surface area contributed by atoms with E-state index in [1.54, 1.807) is 36.4 Å². The number of thiophene rings is 1. The molecule has 25 heavy (non-hydrogen) atoms. The number of nitrogens with one attached hydrogen (secondary N) is 1. The fourth-order valence-electron chi connectivity index (χ4n) is 2.05. The van der Waals surface area contributed by atoms with Crippen LogP contribution in [0.3, 0.4) is 0 Å². The molecule has 0 fully saturated rings. The Morgan fingerprint density at radius 2 is 1.92 bits per heavy atom. The molecule has 7 heteroatoms. The molecule has 1 aromatic carbocycles. The quantitative estimate of drug-likeness (QED) is 0.717. The standard InChI is InChI=1S/C18H14N2O4S/c1-11-7-8-13(10-19-11)24-18-14(9-15(25-18)17(22)23)20-16(21)12-5-3-2-4-6-12/h2-10H,1H3,(H,20,21)(H,22,23). The van der Waals surface area contributed by atoms with E-state index < -0.39 is 5.97 Å². The number of pyridine rings is 1. The van der Waals surface area contributed by atoms with Gasteiger partial charge in [-0.15, -0.1) is 0 Å². The third kappa shape index (κ3) is 4.02. The van der Waals surface area contributed by atoms with E-state index in [0.29, 0.717) is 17.0 Å². The highest BCUT2D eigenvalue weighted by atomic mass is 32.1. The van der Waals surface area contributed by atoms with Crippen LogP contribution >= 0.6 is 11.3 Å². The van der Waals surface area contributed by atoms with Crippen LogP contribution in [0, 0.1) is 6.92 Å². The van der Waals surface area contributed by atoms with Crippen LogP contribution in [0.1, 0.15) is 25.7 Å². The van der Waals surface area contributed by atoms with E-state index in [2.05, 4.69) is 10.3 Å². The molecule has 0 unspecified atom stereocenters. The fraction of sp³-hybridized carbons (Fsp3) is 0.0556. The molecule has 2 N–H and O–H groups in total. The Bertz CT molecular complexity index is 905. The van der Waals surface area contributed by atoms with Crippen LogP contribution < -0.4 is 10.1 Å². The van der Waals surface area contributed by atoms with E-state index in [1.807, 2.05) is 13.0 Å². The summed E-state index contributed by atoms with van der Waals surface area (Å²) in [5.41, 5.74) is 1.60. The lowest BCUT2D eigenvalue weighted by molar-refractivity contribution is 0.0702. The van der Waals surface area contributed by atoms with Crippen molar-refractivity contribution in [2.45, 2.75) is 6.92 Å². The predicted octanol–water partition coefficient (Wildman–Crippen LogP) is 4.19. The maximum Gasteiger partial charge on any atom is 0.346 e. The Morgan fingerprint density at radius 1 is 1.16 bits per heavy atom. The monoisotopic (exact) mass is 354 g/mol. The number of benzene rings is 1. The van der Waals surface area contributed by atoms with E-state index in [1.165, 1.54) is 12.3 Å². The first-order valence-corrected chi connectivity index (χ1v) is 8.18. The molecule has 126 valence electrons. The predicted molar refractivity (Wildman–Crippen MR) is 94.7 cm³/mol. The van der Waals surface area contributed by atoms with Gasteiger partial charge in [-0.25, -0.2) is 4.79 Å². The molecule has 0 aliphatic heterocycles. The van der Waals surface area contributed by atoms with Gasteiger partial charge < -0.3 is 15.2 Å². The lowest BCUT2D eigenvalue weighted by atomic mass is 10.2. The van der Waals surface area contributed by atoms with Gasteiger partial charge in [0.1, 0.15) is 10.6 Å². The topological polar surface area (TPSA) is 88.5 Å². The number of anilines is 1. The zero-order valence-corrected chi connectivity index (χ0v) is 14.0. The summed E-state index contributed by atoms with van der Waals surface area (Å²) in [5, 5.41) is 12.2. The van der Waals surface area contributed by atoms with E-state index in [0.717, 1.165) is 17.0 Å². The van der Waals surface area contributed by atoms with Crippen molar-refractivity contribution in [2.75, 3.05) is 5.32 Å². The second kappa shape index (κ2) is 7.14. The van der Waals surface area contributed by atoms with E-state index in [-0.39, 0.29) is 15.8 Å². The number of ether oxygens (including phenoxy) is 1. The molecule has 2 heterocycles. The van der Waals surface area contributed by atoms with Gasteiger partial charge in [0.25, 0.3) is 5.91 Å². The molecule has 3 rings (SSSR count). The normalized spacial score (nSPS) is 10.3. The van der Waals surface area contributed by atoms with Crippen molar-refractivity contribution in [3.05, 3.63) is 70.9 Å². The molecule has 0 aliphatic rings. The van der Waals surface area contributed by atoms with Crippen LogP contribution in [-0.2, 0) is 0 Å². The molecule has 2 aromatic heterocycles. The van der Waals surface area contributed by atoms with Crippen molar-refractivity contribution in [1.29, 1.82) is 0 Å². The molecular formula is C18H14N2O4S. The molecule has 0 saturated heterocycles. The molecular weight excluding hydrogens is 340 g/mol. The van der Waals surface area contributed by atoms with Crippen molar-refractivity contribution in [2.24, 2.45) is 0 Å². The number of aromatic carboxylic acids is 1. The van der Waals surface area contributed by atoms with Crippen molar-refractivity contribution in [3.8, 4) is 10.8 Å². The summed E-state index contributed by atoms with van der Waals surface area (Å²) in [6, 6.07) is 13.5. The van der Waals surface area contributed by atoms with Crippen molar-refractivity contribution in [1.82, 2.24) is 4.98 Å². The first-order valence-electron chi connectivity index (χ1n) is 7.37. The number of carbonyl (C=O) groups is 2. The van der Waals surface area contributed by atoms with E-state index in [9.17, 15) is 14.7 Å². The number of hydrogen-bond donors (Lipinski definition) is 2. The summed E-state index contributed by atoms with van der Waals surface area (Å²) in [6.07, 6.45) is 1.54. The highest BCUT2D eigenvalue weighted by Gasteiger charge is 2.18. The molecule has 6 nitrogen and oxygen atoms in total. The first kappa shape index (κ1) is 16.7. The summed E-state index contributed by atoms with van der Waals surface area (Å²) in [5.74, 6) is -0.973. The Kier molecular flexibility index (Phi) is 4.76. The van der Waals surface area contributed by atoms with Gasteiger partial charge in [0.05, 0.1) is 11.9 Å². The number of aromatic nitrogens is 1. The highest BCUT2D eigenvalue weighted by Crippen LogP contribution is 2.38. The van der Waals surface area contributed by atoms with Crippen LogP contribution in [0.4, 0.5) is 5.69 Å². The molecule has 0 saturated carbocycles. The molecule has 1 amide bonds. The van der Waals surface area contributed by atoms with E-state index >= 15 is 0 Å². The zero-order chi connectivity index (χ0) is 17.8. The van der Waals surface area contributed by atoms with Gasteiger partial charge in [-0.3, -0.25) is 9.78 Å². The molecule has 0 aliphatic carbocycles. The molecule has 0 bridgehead atoms. The highest BCUT2D eigenvalue weighted by molar-refractivity contribution is 7.16. The number of rotatable bonds is 5. The number of hydrogen-bond acceptors (Lipinski definition) is 5. The van der Waals surface area contributed by atoms with Gasteiger partial charge in [0, 0.05) is 11.3 Å². The number of carbonyl (C=O) groups excluding carboxylic acids is 1. The Labute approximate surface area is 147 Å². The second-order valence-electron chi connectivity index (χ2n) is 5.17. The van der Waals surface area contributed by atoms with Crippen LogP contribution in [0.5, 0.6) is 10.8 Å². The van der Waals surface area contributed by atoms with Gasteiger partial charge in [0.2, 0.25) is 5.06 Å². The smallest absolute Gasteiger partial charge is 0.346 e. The third-order valence-corrected chi connectivity index (χ3v) is 4.29. The fourth-order valence-corrected chi connectivity index (χ4v) is 2.87. The van der Waals surface area contributed by atoms with Crippen LogP contribution in [-0.4, -0.2) is 22.0 Å². The summed E-state index contributed by atoms with van der Waals surface area (Å²) < 4.78 is 5.71. The number of carboxylic acid groups (broad SMARTS) is 1. The van der Waals surface area contributed by atoms with Crippen LogP contribution in [0.25, 0.3) is 0 Å². The number of nitrogens with zero attached hydrogens (tertiary/aromatic N) is 1. The summed E-state index contributed by atoms with van der Waals surface area (Å²) in [6.45, 7) is 1.85. The summed E-state index contributed by atoms with van der Waals surface area (Å²) in [4.78, 5) is 27.8. The minimum absolute atomic E-state index is 0.0680. The maximum absolute atomic E-state index is 12.3. The lowest BCUT2D eigenvalue weighted by Crippen LogP contribution is -2.11. The molecule has 0 atom stereocenters. The average Bonchev–Trinajstić information content (AvgIpc) is 3.00. The van der Waals surface area contributed by atoms with Gasteiger partial charge in [-0.2, -0.15) is 0 Å². The maximum atomic E-state index is 12.3. The molecule has 0 radical (unpaired) electrons. The summed E-state index contributed by atoms with van der Waals surface area (Å²) in [7, 11) is 0. The number of carboxylic acids is 1. The number of aryl methyl sites for hydroxylation is 1. The first-order chi connectivity index (χ1) is 12.0. The SMILES string of the molecule is Cc1ccc(Oc2sc(C(=O)O)cc2NC(=O)c2ccccc2)cn1. The largest absolute Gasteiger partial charge is 0.477 e. The van der Waals surface area contributed by atoms with Gasteiger partial charge in [-0.05, 0) is 37.3 Å². The van der Waals surface area contributed by atoms with Crippen LogP contribution in [0.15, 0.2) is 54.7 Å². The Hall–Kier alpha value is -3.19. The molecule has 3 aromatic rings.